The standard InChI is InChI=1S/C29H33F2N7O2/c1-18(2)16-38(17-19(3)4)26-14-9-20(23-7-5-6-8-24(23)27-34-36-37-35-27)15-25(26)33-29(39)32-21-10-12-22(13-11-21)40-28(30)31/h5-15,18-19,28H,16-17H2,1-4H3,(H2,32,33,39)(H,34,35,36,37). The molecule has 3 N–H and O–H groups in total. The van der Waals surface area contributed by atoms with Crippen molar-refractivity contribution in [2.75, 3.05) is 28.6 Å². The lowest BCUT2D eigenvalue weighted by atomic mass is 9.97. The van der Waals surface area contributed by atoms with E-state index in [4.69, 9.17) is 0 Å². The van der Waals surface area contributed by atoms with Crippen LogP contribution < -0.4 is 20.3 Å². The van der Waals surface area contributed by atoms with E-state index in [-0.39, 0.29) is 5.75 Å². The van der Waals surface area contributed by atoms with Crippen molar-refractivity contribution in [1.82, 2.24) is 20.6 Å². The van der Waals surface area contributed by atoms with Crippen LogP contribution in [0.4, 0.5) is 30.6 Å². The van der Waals surface area contributed by atoms with Crippen LogP contribution in [0.25, 0.3) is 22.5 Å². The number of carbonyl (C=O) groups excluding carboxylic acids is 1. The first-order valence-corrected chi connectivity index (χ1v) is 13.0. The van der Waals surface area contributed by atoms with Gasteiger partial charge in [0.25, 0.3) is 0 Å². The van der Waals surface area contributed by atoms with Crippen molar-refractivity contribution >= 4 is 23.1 Å². The van der Waals surface area contributed by atoms with Crippen molar-refractivity contribution in [3.63, 3.8) is 0 Å². The highest BCUT2D eigenvalue weighted by Crippen LogP contribution is 2.36. The van der Waals surface area contributed by atoms with E-state index in [1.807, 2.05) is 42.5 Å². The van der Waals surface area contributed by atoms with Gasteiger partial charge in [0.05, 0.1) is 11.4 Å². The Morgan fingerprint density at radius 3 is 2.20 bits per heavy atom. The van der Waals surface area contributed by atoms with Gasteiger partial charge in [0.15, 0.2) is 0 Å². The molecule has 3 aromatic carbocycles. The smallest absolute Gasteiger partial charge is 0.387 e. The summed E-state index contributed by atoms with van der Waals surface area (Å²) in [5, 5.41) is 20.2. The van der Waals surface area contributed by atoms with E-state index in [9.17, 15) is 13.6 Å². The topological polar surface area (TPSA) is 108 Å². The highest BCUT2D eigenvalue weighted by atomic mass is 19.3. The van der Waals surface area contributed by atoms with Crippen molar-refractivity contribution in [1.29, 1.82) is 0 Å². The fraction of sp³-hybridized carbons (Fsp3) is 0.310. The number of benzene rings is 3. The van der Waals surface area contributed by atoms with Crippen LogP contribution in [0.2, 0.25) is 0 Å². The van der Waals surface area contributed by atoms with Crippen LogP contribution >= 0.6 is 0 Å². The molecule has 4 rings (SSSR count). The average molecular weight is 550 g/mol. The third-order valence-electron chi connectivity index (χ3n) is 5.92. The summed E-state index contributed by atoms with van der Waals surface area (Å²) in [5.41, 5.74) is 4.48. The molecular weight excluding hydrogens is 516 g/mol. The molecule has 0 bridgehead atoms. The summed E-state index contributed by atoms with van der Waals surface area (Å²) in [5.74, 6) is 1.27. The summed E-state index contributed by atoms with van der Waals surface area (Å²) in [6, 6.07) is 18.9. The van der Waals surface area contributed by atoms with Crippen LogP contribution in [0.5, 0.6) is 5.75 Å². The number of H-pyrrole nitrogens is 1. The van der Waals surface area contributed by atoms with Crippen molar-refractivity contribution < 1.29 is 18.3 Å². The van der Waals surface area contributed by atoms with Crippen LogP contribution in [-0.2, 0) is 0 Å². The first kappa shape index (κ1) is 28.5. The van der Waals surface area contributed by atoms with Crippen molar-refractivity contribution in [2.45, 2.75) is 34.3 Å². The minimum absolute atomic E-state index is 0.00854. The zero-order chi connectivity index (χ0) is 28.6. The fourth-order valence-electron chi connectivity index (χ4n) is 4.44. The number of rotatable bonds is 11. The molecule has 2 amide bonds. The fourth-order valence-corrected chi connectivity index (χ4v) is 4.44. The maximum atomic E-state index is 13.1. The van der Waals surface area contributed by atoms with E-state index < -0.39 is 12.6 Å². The second-order valence-corrected chi connectivity index (χ2v) is 10.2. The Morgan fingerprint density at radius 2 is 1.60 bits per heavy atom. The van der Waals surface area contributed by atoms with Crippen LogP contribution in [0, 0.1) is 11.8 Å². The van der Waals surface area contributed by atoms with E-state index in [2.05, 4.69) is 68.6 Å². The molecule has 0 unspecified atom stereocenters. The summed E-state index contributed by atoms with van der Waals surface area (Å²) >= 11 is 0. The van der Waals surface area contributed by atoms with Crippen molar-refractivity contribution in [3.8, 4) is 28.3 Å². The Labute approximate surface area is 231 Å². The number of nitrogens with zero attached hydrogens (tertiary/aromatic N) is 4. The van der Waals surface area contributed by atoms with Gasteiger partial charge < -0.3 is 20.3 Å². The van der Waals surface area contributed by atoms with Crippen LogP contribution in [0.1, 0.15) is 27.7 Å². The van der Waals surface area contributed by atoms with Gasteiger partial charge in [-0.3, -0.25) is 0 Å². The lowest BCUT2D eigenvalue weighted by Crippen LogP contribution is -2.32. The molecule has 0 spiro atoms. The third-order valence-corrected chi connectivity index (χ3v) is 5.92. The van der Waals surface area contributed by atoms with E-state index in [1.165, 1.54) is 24.3 Å². The number of alkyl halides is 2. The van der Waals surface area contributed by atoms with Gasteiger partial charge in [-0.15, -0.1) is 10.2 Å². The van der Waals surface area contributed by atoms with Gasteiger partial charge in [-0.05, 0) is 64.6 Å². The monoisotopic (exact) mass is 549 g/mol. The minimum Gasteiger partial charge on any atom is -0.435 e. The average Bonchev–Trinajstić information content (AvgIpc) is 3.44. The van der Waals surface area contributed by atoms with Gasteiger partial charge in [-0.25, -0.2) is 4.79 Å². The molecule has 0 aliphatic heterocycles. The maximum Gasteiger partial charge on any atom is 0.387 e. The van der Waals surface area contributed by atoms with E-state index in [0.29, 0.717) is 29.0 Å². The van der Waals surface area contributed by atoms with Crippen molar-refractivity contribution in [3.05, 3.63) is 66.7 Å². The number of amides is 2. The number of carbonyl (C=O) groups is 1. The summed E-state index contributed by atoms with van der Waals surface area (Å²) in [4.78, 5) is 15.4. The van der Waals surface area contributed by atoms with Gasteiger partial charge in [0.2, 0.25) is 5.82 Å². The van der Waals surface area contributed by atoms with Gasteiger partial charge >= 0.3 is 12.6 Å². The molecular formula is C29H33F2N7O2. The Balaban J connectivity index is 1.68. The minimum atomic E-state index is -2.92. The number of anilines is 3. The number of nitrogens with one attached hydrogen (secondary N) is 3. The molecule has 40 heavy (non-hydrogen) atoms. The number of hydrogen-bond donors (Lipinski definition) is 3. The summed E-state index contributed by atoms with van der Waals surface area (Å²) in [7, 11) is 0. The van der Waals surface area contributed by atoms with Crippen LogP contribution in [-0.4, -0.2) is 46.4 Å². The van der Waals surface area contributed by atoms with Crippen LogP contribution in [0.3, 0.4) is 0 Å². The van der Waals surface area contributed by atoms with Gasteiger partial charge in [-0.2, -0.15) is 14.0 Å². The zero-order valence-electron chi connectivity index (χ0n) is 22.9. The number of halogens is 2. The highest BCUT2D eigenvalue weighted by molar-refractivity contribution is 6.02. The molecule has 0 aliphatic rings. The van der Waals surface area contributed by atoms with Crippen LogP contribution in [0.15, 0.2) is 66.7 Å². The summed E-state index contributed by atoms with van der Waals surface area (Å²) in [6.07, 6.45) is 0. The molecule has 0 saturated heterocycles. The largest absolute Gasteiger partial charge is 0.435 e. The Morgan fingerprint density at radius 1 is 0.925 bits per heavy atom. The summed E-state index contributed by atoms with van der Waals surface area (Å²) < 4.78 is 29.3. The molecule has 9 nitrogen and oxygen atoms in total. The number of tetrazole rings is 1. The molecule has 0 atom stereocenters. The lowest BCUT2D eigenvalue weighted by molar-refractivity contribution is -0.0498. The number of urea groups is 1. The Kier molecular flexibility index (Phi) is 9.26. The number of aromatic nitrogens is 4. The van der Waals surface area contributed by atoms with Gasteiger partial charge in [-0.1, -0.05) is 58.0 Å². The molecule has 210 valence electrons. The van der Waals surface area contributed by atoms with Gasteiger partial charge in [0, 0.05) is 24.3 Å². The second-order valence-electron chi connectivity index (χ2n) is 10.2. The lowest BCUT2D eigenvalue weighted by Gasteiger charge is -2.31. The first-order valence-electron chi connectivity index (χ1n) is 13.0. The van der Waals surface area contributed by atoms with E-state index in [1.54, 1.807) is 0 Å². The number of hydrogen-bond acceptors (Lipinski definition) is 6. The highest BCUT2D eigenvalue weighted by Gasteiger charge is 2.19. The molecule has 11 heteroatoms. The summed E-state index contributed by atoms with van der Waals surface area (Å²) in [6.45, 7) is 7.32. The Bertz CT molecular complexity index is 1380. The molecule has 4 aromatic rings. The Hall–Kier alpha value is -4.54. The van der Waals surface area contributed by atoms with Gasteiger partial charge in [0.1, 0.15) is 5.75 Å². The predicted octanol–water partition coefficient (Wildman–Crippen LogP) is 6.90. The SMILES string of the molecule is CC(C)CN(CC(C)C)c1ccc(-c2ccccc2-c2nn[nH]n2)cc1NC(=O)Nc1ccc(OC(F)F)cc1. The molecule has 1 heterocycles. The predicted molar refractivity (Wildman–Crippen MR) is 153 cm³/mol. The van der Waals surface area contributed by atoms with E-state index in [0.717, 1.165) is 35.5 Å². The zero-order valence-corrected chi connectivity index (χ0v) is 22.9. The number of ether oxygens (including phenoxy) is 1. The molecule has 0 radical (unpaired) electrons. The maximum absolute atomic E-state index is 13.1. The van der Waals surface area contributed by atoms with Crippen molar-refractivity contribution in [2.24, 2.45) is 11.8 Å². The third kappa shape index (κ3) is 7.52. The first-order chi connectivity index (χ1) is 19.2. The molecule has 0 fully saturated rings. The normalized spacial score (nSPS) is 11.2. The quantitative estimate of drug-likeness (QED) is 0.188. The van der Waals surface area contributed by atoms with E-state index >= 15 is 0 Å². The number of aromatic amines is 1. The molecule has 0 aliphatic carbocycles. The molecule has 1 aromatic heterocycles. The second kappa shape index (κ2) is 13.0. The molecule has 0 saturated carbocycles.